The molecule has 1 amide bonds. The van der Waals surface area contributed by atoms with Crippen molar-refractivity contribution in [3.63, 3.8) is 0 Å². The van der Waals surface area contributed by atoms with Gasteiger partial charge in [0.05, 0.1) is 12.7 Å². The molecule has 25 heavy (non-hydrogen) atoms. The topological polar surface area (TPSA) is 104 Å². The first kappa shape index (κ1) is 19.4. The van der Waals surface area contributed by atoms with Gasteiger partial charge in [-0.1, -0.05) is 30.4 Å². The van der Waals surface area contributed by atoms with E-state index in [0.717, 1.165) is 11.4 Å². The van der Waals surface area contributed by atoms with E-state index in [9.17, 15) is 4.79 Å². The van der Waals surface area contributed by atoms with Crippen LogP contribution in [0.25, 0.3) is 0 Å². The molecule has 0 aromatic carbocycles. The van der Waals surface area contributed by atoms with Gasteiger partial charge in [0, 0.05) is 19.6 Å². The van der Waals surface area contributed by atoms with E-state index in [2.05, 4.69) is 39.7 Å². The van der Waals surface area contributed by atoms with Gasteiger partial charge in [0.25, 0.3) is 5.91 Å². The van der Waals surface area contributed by atoms with Gasteiger partial charge >= 0.3 is 0 Å². The van der Waals surface area contributed by atoms with Gasteiger partial charge < -0.3 is 9.47 Å². The van der Waals surface area contributed by atoms with Crippen LogP contribution in [0.2, 0.25) is 0 Å². The Balaban J connectivity index is 1.94. The summed E-state index contributed by atoms with van der Waals surface area (Å²) in [5.41, 5.74) is 0.201. The lowest BCUT2D eigenvalue weighted by Crippen LogP contribution is -2.24. The number of amides is 1. The van der Waals surface area contributed by atoms with Crippen LogP contribution in [-0.4, -0.2) is 50.6 Å². The number of ether oxygens (including phenoxy) is 2. The summed E-state index contributed by atoms with van der Waals surface area (Å²) >= 11 is 1.37. The molecule has 0 spiro atoms. The normalized spacial score (nSPS) is 11.4. The zero-order valence-corrected chi connectivity index (χ0v) is 15.7. The van der Waals surface area contributed by atoms with Crippen LogP contribution < -0.4 is 5.32 Å². The predicted molar refractivity (Wildman–Crippen MR) is 93.5 cm³/mol. The van der Waals surface area contributed by atoms with Crippen LogP contribution in [0.5, 0.6) is 0 Å². The SMILES string of the molecule is CCOC(Cn1cc(C(=O)Nc2nnc(CC(C)C)s2)nn1)OCC. The number of carbonyl (C=O) groups excluding carboxylic acids is 1. The number of nitrogens with one attached hydrogen (secondary N) is 1. The number of anilines is 1. The molecule has 0 aliphatic carbocycles. The molecule has 138 valence electrons. The van der Waals surface area contributed by atoms with E-state index < -0.39 is 6.29 Å². The fourth-order valence-corrected chi connectivity index (χ4v) is 3.01. The van der Waals surface area contributed by atoms with E-state index >= 15 is 0 Å². The summed E-state index contributed by atoms with van der Waals surface area (Å²) in [5.74, 6) is 0.114. The minimum Gasteiger partial charge on any atom is -0.351 e. The summed E-state index contributed by atoms with van der Waals surface area (Å²) in [5, 5.41) is 19.9. The second kappa shape index (κ2) is 9.54. The number of hydrogen-bond acceptors (Lipinski definition) is 8. The van der Waals surface area contributed by atoms with E-state index in [1.807, 2.05) is 13.8 Å². The van der Waals surface area contributed by atoms with Crippen molar-refractivity contribution in [1.82, 2.24) is 25.2 Å². The smallest absolute Gasteiger partial charge is 0.279 e. The molecule has 2 heterocycles. The zero-order chi connectivity index (χ0) is 18.2. The third kappa shape index (κ3) is 6.15. The van der Waals surface area contributed by atoms with Gasteiger partial charge in [-0.2, -0.15) is 0 Å². The molecule has 0 saturated heterocycles. The summed E-state index contributed by atoms with van der Waals surface area (Å²) in [4.78, 5) is 12.2. The highest BCUT2D eigenvalue weighted by Crippen LogP contribution is 2.18. The first-order valence-electron chi connectivity index (χ1n) is 8.28. The molecule has 0 aliphatic heterocycles. The molecule has 0 saturated carbocycles. The minimum absolute atomic E-state index is 0.201. The Morgan fingerprint density at radius 1 is 1.24 bits per heavy atom. The molecule has 2 rings (SSSR count). The van der Waals surface area contributed by atoms with Crippen LogP contribution in [0.1, 0.15) is 43.2 Å². The van der Waals surface area contributed by atoms with Crippen LogP contribution in [0.3, 0.4) is 0 Å². The molecule has 0 bridgehead atoms. The highest BCUT2D eigenvalue weighted by Gasteiger charge is 2.16. The standard InChI is InChI=1S/C15H24N6O3S/c1-5-23-13(24-6-2)9-21-8-11(17-20-21)14(22)16-15-19-18-12(25-15)7-10(3)4/h8,10,13H,5-7,9H2,1-4H3,(H,16,19,22). The molecule has 1 N–H and O–H groups in total. The minimum atomic E-state index is -0.422. The summed E-state index contributed by atoms with van der Waals surface area (Å²) < 4.78 is 12.4. The Kier molecular flexibility index (Phi) is 7.41. The van der Waals surface area contributed by atoms with Crippen LogP contribution in [0.15, 0.2) is 6.20 Å². The van der Waals surface area contributed by atoms with Gasteiger partial charge in [-0.3, -0.25) is 10.1 Å². The number of hydrogen-bond donors (Lipinski definition) is 1. The summed E-state index contributed by atoms with van der Waals surface area (Å²) in [6.07, 6.45) is 1.96. The molecule has 0 fully saturated rings. The van der Waals surface area contributed by atoms with Crippen molar-refractivity contribution >= 4 is 22.4 Å². The first-order valence-corrected chi connectivity index (χ1v) is 9.10. The lowest BCUT2D eigenvalue weighted by molar-refractivity contribution is -0.145. The molecule has 10 heteroatoms. The summed E-state index contributed by atoms with van der Waals surface area (Å²) in [6.45, 7) is 9.42. The molecular formula is C15H24N6O3S. The van der Waals surface area contributed by atoms with E-state index in [-0.39, 0.29) is 11.6 Å². The van der Waals surface area contributed by atoms with Gasteiger partial charge in [-0.05, 0) is 19.8 Å². The van der Waals surface area contributed by atoms with E-state index in [1.165, 1.54) is 16.0 Å². The highest BCUT2D eigenvalue weighted by molar-refractivity contribution is 7.15. The Bertz CT molecular complexity index is 666. The molecular weight excluding hydrogens is 344 g/mol. The van der Waals surface area contributed by atoms with Crippen LogP contribution >= 0.6 is 11.3 Å². The van der Waals surface area contributed by atoms with Crippen LogP contribution in [-0.2, 0) is 22.4 Å². The van der Waals surface area contributed by atoms with Gasteiger partial charge in [0.15, 0.2) is 12.0 Å². The highest BCUT2D eigenvalue weighted by atomic mass is 32.1. The largest absolute Gasteiger partial charge is 0.351 e. The second-order valence-electron chi connectivity index (χ2n) is 5.72. The van der Waals surface area contributed by atoms with E-state index in [4.69, 9.17) is 9.47 Å². The number of nitrogens with zero attached hydrogens (tertiary/aromatic N) is 5. The number of aromatic nitrogens is 5. The lowest BCUT2D eigenvalue weighted by Gasteiger charge is -2.16. The maximum absolute atomic E-state index is 12.2. The van der Waals surface area contributed by atoms with E-state index in [0.29, 0.717) is 30.8 Å². The van der Waals surface area contributed by atoms with E-state index in [1.54, 1.807) is 6.20 Å². The third-order valence-corrected chi connectivity index (χ3v) is 3.94. The molecule has 0 aliphatic rings. The lowest BCUT2D eigenvalue weighted by atomic mass is 10.1. The second-order valence-corrected chi connectivity index (χ2v) is 6.78. The van der Waals surface area contributed by atoms with Crippen LogP contribution in [0, 0.1) is 5.92 Å². The van der Waals surface area contributed by atoms with Crippen molar-refractivity contribution in [3.8, 4) is 0 Å². The Morgan fingerprint density at radius 2 is 1.96 bits per heavy atom. The Labute approximate surface area is 150 Å². The van der Waals surface area contributed by atoms with Crippen molar-refractivity contribution in [3.05, 3.63) is 16.9 Å². The zero-order valence-electron chi connectivity index (χ0n) is 14.9. The molecule has 0 radical (unpaired) electrons. The van der Waals surface area contributed by atoms with Crippen molar-refractivity contribution in [1.29, 1.82) is 0 Å². The molecule has 9 nitrogen and oxygen atoms in total. The third-order valence-electron chi connectivity index (χ3n) is 3.08. The fourth-order valence-electron chi connectivity index (χ4n) is 2.07. The van der Waals surface area contributed by atoms with Gasteiger partial charge in [0.1, 0.15) is 5.01 Å². The Hall–Kier alpha value is -1.91. The monoisotopic (exact) mass is 368 g/mol. The number of carbonyl (C=O) groups is 1. The maximum Gasteiger partial charge on any atom is 0.279 e. The summed E-state index contributed by atoms with van der Waals surface area (Å²) in [7, 11) is 0. The fraction of sp³-hybridized carbons (Fsp3) is 0.667. The van der Waals surface area contributed by atoms with Crippen molar-refractivity contribution in [2.45, 2.75) is 47.0 Å². The summed E-state index contributed by atoms with van der Waals surface area (Å²) in [6, 6.07) is 0. The predicted octanol–water partition coefficient (Wildman–Crippen LogP) is 1.98. The molecule has 0 atom stereocenters. The van der Waals surface area contributed by atoms with Gasteiger partial charge in [-0.25, -0.2) is 4.68 Å². The number of rotatable bonds is 10. The van der Waals surface area contributed by atoms with Crippen molar-refractivity contribution in [2.75, 3.05) is 18.5 Å². The van der Waals surface area contributed by atoms with Crippen molar-refractivity contribution in [2.24, 2.45) is 5.92 Å². The average Bonchev–Trinajstić information content (AvgIpc) is 3.17. The van der Waals surface area contributed by atoms with Crippen molar-refractivity contribution < 1.29 is 14.3 Å². The first-order chi connectivity index (χ1) is 12.0. The molecule has 2 aromatic rings. The molecule has 2 aromatic heterocycles. The van der Waals surface area contributed by atoms with Crippen LogP contribution in [0.4, 0.5) is 5.13 Å². The average molecular weight is 368 g/mol. The maximum atomic E-state index is 12.2. The van der Waals surface area contributed by atoms with Gasteiger partial charge in [0.2, 0.25) is 5.13 Å². The molecule has 0 unspecified atom stereocenters. The quantitative estimate of drug-likeness (QED) is 0.639. The van der Waals surface area contributed by atoms with Gasteiger partial charge in [-0.15, -0.1) is 15.3 Å². The Morgan fingerprint density at radius 3 is 2.60 bits per heavy atom.